The molecular weight excluding hydrogens is 298 g/mol. The fraction of sp³-hybridized carbons (Fsp3) is 0. The Morgan fingerprint density at radius 3 is 2.00 bits per heavy atom. The third kappa shape index (κ3) is 2.18. The Kier molecular flexibility index (Phi) is 3.39. The van der Waals surface area contributed by atoms with E-state index in [0.29, 0.717) is 11.3 Å². The molecule has 0 bridgehead atoms. The van der Waals surface area contributed by atoms with Crippen LogP contribution in [0.5, 0.6) is 0 Å². The summed E-state index contributed by atoms with van der Waals surface area (Å²) in [4.78, 5) is 12.0. The zero-order valence-corrected chi connectivity index (χ0v) is 12.9. The van der Waals surface area contributed by atoms with E-state index in [2.05, 4.69) is 0 Å². The molecule has 24 heavy (non-hydrogen) atoms. The zero-order valence-electron chi connectivity index (χ0n) is 12.9. The van der Waals surface area contributed by atoms with Crippen LogP contribution in [0.4, 0.5) is 0 Å². The van der Waals surface area contributed by atoms with E-state index in [1.54, 1.807) is 0 Å². The van der Waals surface area contributed by atoms with Gasteiger partial charge in [0.1, 0.15) is 0 Å². The van der Waals surface area contributed by atoms with E-state index in [1.807, 2.05) is 89.5 Å². The van der Waals surface area contributed by atoms with Crippen LogP contribution in [0.25, 0.3) is 27.8 Å². The number of rotatable bonds is 3. The molecule has 1 N–H and O–H groups in total. The smallest absolute Gasteiger partial charge is 0.338 e. The number of nitrogens with zero attached hydrogens (tertiary/aromatic N) is 1. The lowest BCUT2D eigenvalue weighted by Crippen LogP contribution is -2.02. The molecule has 0 radical (unpaired) electrons. The number of aromatic nitrogens is 1. The highest BCUT2D eigenvalue weighted by atomic mass is 16.4. The Bertz CT molecular complexity index is 1020. The Morgan fingerprint density at radius 2 is 1.33 bits per heavy atom. The molecule has 3 aromatic carbocycles. The van der Waals surface area contributed by atoms with Crippen molar-refractivity contribution in [1.82, 2.24) is 4.57 Å². The van der Waals surface area contributed by atoms with Crippen LogP contribution in [0, 0.1) is 0 Å². The summed E-state index contributed by atoms with van der Waals surface area (Å²) in [6.07, 6.45) is 0. The molecule has 0 atom stereocenters. The van der Waals surface area contributed by atoms with Gasteiger partial charge in [0.05, 0.1) is 16.8 Å². The summed E-state index contributed by atoms with van der Waals surface area (Å²) < 4.78 is 2.02. The summed E-state index contributed by atoms with van der Waals surface area (Å²) in [5, 5.41) is 10.6. The van der Waals surface area contributed by atoms with Crippen molar-refractivity contribution in [2.24, 2.45) is 0 Å². The molecule has 0 aliphatic heterocycles. The molecule has 4 aromatic rings. The third-order valence-corrected chi connectivity index (χ3v) is 4.15. The number of hydrogen-bond donors (Lipinski definition) is 1. The Morgan fingerprint density at radius 1 is 0.750 bits per heavy atom. The van der Waals surface area contributed by atoms with Crippen LogP contribution < -0.4 is 0 Å². The Hall–Kier alpha value is -3.33. The van der Waals surface area contributed by atoms with Gasteiger partial charge in [-0.1, -0.05) is 66.7 Å². The van der Waals surface area contributed by atoms with E-state index in [1.165, 1.54) is 0 Å². The van der Waals surface area contributed by atoms with Gasteiger partial charge in [-0.05, 0) is 23.8 Å². The van der Waals surface area contributed by atoms with Crippen LogP contribution in [-0.4, -0.2) is 15.6 Å². The van der Waals surface area contributed by atoms with Gasteiger partial charge in [-0.2, -0.15) is 0 Å². The lowest BCUT2D eigenvalue weighted by Gasteiger charge is -2.12. The Balaban J connectivity index is 2.19. The maximum atomic E-state index is 12.0. The van der Waals surface area contributed by atoms with Gasteiger partial charge in [0.2, 0.25) is 0 Å². The summed E-state index contributed by atoms with van der Waals surface area (Å²) >= 11 is 0. The third-order valence-electron chi connectivity index (χ3n) is 4.15. The molecule has 0 spiro atoms. The van der Waals surface area contributed by atoms with Crippen LogP contribution in [0.3, 0.4) is 0 Å². The van der Waals surface area contributed by atoms with Crippen molar-refractivity contribution in [2.45, 2.75) is 0 Å². The van der Waals surface area contributed by atoms with Crippen molar-refractivity contribution in [2.75, 3.05) is 0 Å². The number of fused-ring (bicyclic) bond motifs is 1. The van der Waals surface area contributed by atoms with Crippen molar-refractivity contribution >= 4 is 16.9 Å². The number of benzene rings is 3. The van der Waals surface area contributed by atoms with Crippen LogP contribution in [0.2, 0.25) is 0 Å². The normalized spacial score (nSPS) is 10.8. The highest BCUT2D eigenvalue weighted by molar-refractivity contribution is 6.10. The van der Waals surface area contributed by atoms with Crippen molar-refractivity contribution < 1.29 is 9.90 Å². The number of carbonyl (C=O) groups is 1. The average molecular weight is 313 g/mol. The first-order valence-electron chi connectivity index (χ1n) is 7.75. The second-order valence-electron chi connectivity index (χ2n) is 5.58. The standard InChI is InChI=1S/C21H15NO2/c23-21(24)19-17-13-7-8-14-18(17)22(16-11-5-2-6-12-16)20(19)15-9-3-1-4-10-15/h1-14H,(H,23,24). The summed E-state index contributed by atoms with van der Waals surface area (Å²) in [7, 11) is 0. The van der Waals surface area contributed by atoms with Crippen molar-refractivity contribution in [1.29, 1.82) is 0 Å². The van der Waals surface area contributed by atoms with Crippen molar-refractivity contribution in [3.05, 3.63) is 90.5 Å². The molecule has 4 rings (SSSR count). The first-order chi connectivity index (χ1) is 11.8. The highest BCUT2D eigenvalue weighted by Crippen LogP contribution is 2.36. The quantitative estimate of drug-likeness (QED) is 0.578. The molecular formula is C21H15NO2. The summed E-state index contributed by atoms with van der Waals surface area (Å²) in [6.45, 7) is 0. The van der Waals surface area contributed by atoms with Gasteiger partial charge < -0.3 is 9.67 Å². The SMILES string of the molecule is O=C(O)c1c(-c2ccccc2)n(-c2ccccc2)c2ccccc12. The maximum Gasteiger partial charge on any atom is 0.338 e. The fourth-order valence-electron chi connectivity index (χ4n) is 3.17. The Labute approximate surface area is 139 Å². The van der Waals surface area contributed by atoms with E-state index in [0.717, 1.165) is 22.2 Å². The molecule has 116 valence electrons. The summed E-state index contributed by atoms with van der Waals surface area (Å²) in [5.74, 6) is -0.917. The van der Waals surface area contributed by atoms with E-state index in [4.69, 9.17) is 0 Å². The van der Waals surface area contributed by atoms with Gasteiger partial charge in [0.15, 0.2) is 0 Å². The van der Waals surface area contributed by atoms with Crippen molar-refractivity contribution in [3.63, 3.8) is 0 Å². The summed E-state index contributed by atoms with van der Waals surface area (Å²) in [5.41, 5.74) is 3.76. The van der Waals surface area contributed by atoms with E-state index >= 15 is 0 Å². The fourth-order valence-corrected chi connectivity index (χ4v) is 3.17. The van der Waals surface area contributed by atoms with Gasteiger partial charge >= 0.3 is 5.97 Å². The van der Waals surface area contributed by atoms with Crippen LogP contribution in [0.1, 0.15) is 10.4 Å². The lowest BCUT2D eigenvalue weighted by molar-refractivity contribution is 0.0700. The van der Waals surface area contributed by atoms with Crippen LogP contribution in [-0.2, 0) is 0 Å². The number of para-hydroxylation sites is 2. The monoisotopic (exact) mass is 313 g/mol. The van der Waals surface area contributed by atoms with Crippen molar-refractivity contribution in [3.8, 4) is 16.9 Å². The molecule has 0 amide bonds. The van der Waals surface area contributed by atoms with E-state index in [-0.39, 0.29) is 0 Å². The maximum absolute atomic E-state index is 12.0. The van der Waals surface area contributed by atoms with Gasteiger partial charge in [-0.25, -0.2) is 4.79 Å². The number of carboxylic acids is 1. The first-order valence-corrected chi connectivity index (χ1v) is 7.75. The topological polar surface area (TPSA) is 42.2 Å². The van der Waals surface area contributed by atoms with Gasteiger partial charge in [-0.15, -0.1) is 0 Å². The predicted molar refractivity (Wildman–Crippen MR) is 95.7 cm³/mol. The largest absolute Gasteiger partial charge is 0.478 e. The van der Waals surface area contributed by atoms with Gasteiger partial charge in [0.25, 0.3) is 0 Å². The molecule has 0 aliphatic rings. The van der Waals surface area contributed by atoms with Gasteiger partial charge in [0, 0.05) is 11.1 Å². The molecule has 0 unspecified atom stereocenters. The lowest BCUT2D eigenvalue weighted by atomic mass is 10.1. The van der Waals surface area contributed by atoms with E-state index in [9.17, 15) is 9.90 Å². The molecule has 1 heterocycles. The minimum absolute atomic E-state index is 0.334. The number of aromatic carboxylic acids is 1. The summed E-state index contributed by atoms with van der Waals surface area (Å²) in [6, 6.07) is 27.2. The zero-order chi connectivity index (χ0) is 16.5. The first kappa shape index (κ1) is 14.3. The van der Waals surface area contributed by atoms with Crippen LogP contribution in [0.15, 0.2) is 84.9 Å². The average Bonchev–Trinajstić information content (AvgIpc) is 2.98. The molecule has 0 saturated heterocycles. The second kappa shape index (κ2) is 5.70. The van der Waals surface area contributed by atoms with Crippen LogP contribution >= 0.6 is 0 Å². The minimum atomic E-state index is -0.917. The predicted octanol–water partition coefficient (Wildman–Crippen LogP) is 5.00. The molecule has 0 fully saturated rings. The molecule has 3 nitrogen and oxygen atoms in total. The molecule has 0 saturated carbocycles. The molecule has 0 aliphatic carbocycles. The van der Waals surface area contributed by atoms with E-state index < -0.39 is 5.97 Å². The molecule has 3 heteroatoms. The second-order valence-corrected chi connectivity index (χ2v) is 5.58. The minimum Gasteiger partial charge on any atom is -0.478 e. The number of carboxylic acid groups (broad SMARTS) is 1. The molecule has 1 aromatic heterocycles. The number of hydrogen-bond acceptors (Lipinski definition) is 1. The highest BCUT2D eigenvalue weighted by Gasteiger charge is 2.23. The van der Waals surface area contributed by atoms with Gasteiger partial charge in [-0.3, -0.25) is 0 Å².